The Balaban J connectivity index is 2.47. The number of carboxylic acid groups (broad SMARTS) is 1. The van der Waals surface area contributed by atoms with E-state index in [0.717, 1.165) is 11.6 Å². The van der Waals surface area contributed by atoms with Crippen LogP contribution in [0.3, 0.4) is 0 Å². The highest BCUT2D eigenvalue weighted by atomic mass is 32.2. The second-order valence-corrected chi connectivity index (χ2v) is 3.88. The van der Waals surface area contributed by atoms with Crippen molar-refractivity contribution in [3.8, 4) is 0 Å². The monoisotopic (exact) mass is 223 g/mol. The van der Waals surface area contributed by atoms with Crippen LogP contribution in [0.15, 0.2) is 12.3 Å². The van der Waals surface area contributed by atoms with Crippen LogP contribution < -0.4 is 0 Å². The van der Waals surface area contributed by atoms with Crippen LogP contribution >= 0.6 is 11.8 Å². The number of pyridine rings is 1. The van der Waals surface area contributed by atoms with Gasteiger partial charge in [-0.2, -0.15) is 11.8 Å². The minimum Gasteiger partial charge on any atom is -0.478 e. The molecule has 0 amide bonds. The number of aromatic nitrogens is 3. The van der Waals surface area contributed by atoms with Crippen LogP contribution in [0.5, 0.6) is 0 Å². The number of rotatable bonds is 3. The second kappa shape index (κ2) is 3.90. The average molecular weight is 223 g/mol. The lowest BCUT2D eigenvalue weighted by molar-refractivity contribution is 0.0696. The fourth-order valence-corrected chi connectivity index (χ4v) is 1.68. The number of thioether (sulfide) groups is 1. The minimum atomic E-state index is -0.981. The van der Waals surface area contributed by atoms with Crippen molar-refractivity contribution in [1.82, 2.24) is 15.0 Å². The Labute approximate surface area is 89.9 Å². The van der Waals surface area contributed by atoms with Gasteiger partial charge in [0.05, 0.1) is 16.8 Å². The van der Waals surface area contributed by atoms with Crippen molar-refractivity contribution in [2.75, 3.05) is 6.26 Å². The van der Waals surface area contributed by atoms with Gasteiger partial charge in [0.25, 0.3) is 0 Å². The molecule has 0 aliphatic rings. The predicted octanol–water partition coefficient (Wildman–Crippen LogP) is 1.52. The molecule has 0 atom stereocenters. The van der Waals surface area contributed by atoms with E-state index in [1.54, 1.807) is 17.8 Å². The first-order chi connectivity index (χ1) is 7.20. The van der Waals surface area contributed by atoms with Gasteiger partial charge in [0, 0.05) is 6.20 Å². The SMILES string of the molecule is CSCc1nc2ncc(C(=O)O)cc2[nH]1. The van der Waals surface area contributed by atoms with Crippen molar-refractivity contribution in [1.29, 1.82) is 0 Å². The summed E-state index contributed by atoms with van der Waals surface area (Å²) in [6, 6.07) is 1.54. The quantitative estimate of drug-likeness (QED) is 0.824. The van der Waals surface area contributed by atoms with E-state index >= 15 is 0 Å². The number of carbonyl (C=O) groups is 1. The number of hydrogen-bond acceptors (Lipinski definition) is 4. The summed E-state index contributed by atoms with van der Waals surface area (Å²) in [7, 11) is 0. The Kier molecular flexibility index (Phi) is 2.59. The van der Waals surface area contributed by atoms with Gasteiger partial charge < -0.3 is 10.1 Å². The summed E-state index contributed by atoms with van der Waals surface area (Å²) in [5.74, 6) is 0.594. The normalized spacial score (nSPS) is 10.7. The standard InChI is InChI=1S/C9H9N3O2S/c1-15-4-7-11-6-2-5(9(13)14)3-10-8(6)12-7/h2-3H,4H2,1H3,(H,13,14)(H,10,11,12). The van der Waals surface area contributed by atoms with Crippen LogP contribution in [0.1, 0.15) is 16.2 Å². The molecule has 6 heteroatoms. The Hall–Kier alpha value is -1.56. The summed E-state index contributed by atoms with van der Waals surface area (Å²) in [4.78, 5) is 21.9. The van der Waals surface area contributed by atoms with Crippen molar-refractivity contribution >= 4 is 28.9 Å². The molecule has 0 bridgehead atoms. The number of imidazole rings is 1. The Morgan fingerprint density at radius 1 is 1.67 bits per heavy atom. The smallest absolute Gasteiger partial charge is 0.337 e. The van der Waals surface area contributed by atoms with Gasteiger partial charge in [-0.3, -0.25) is 0 Å². The van der Waals surface area contributed by atoms with Crippen LogP contribution in [0.25, 0.3) is 11.2 Å². The summed E-state index contributed by atoms with van der Waals surface area (Å²) in [6.45, 7) is 0. The third-order valence-corrected chi connectivity index (χ3v) is 2.48. The number of H-pyrrole nitrogens is 1. The largest absolute Gasteiger partial charge is 0.478 e. The zero-order valence-electron chi connectivity index (χ0n) is 8.02. The summed E-state index contributed by atoms with van der Waals surface area (Å²) in [5, 5.41) is 8.78. The minimum absolute atomic E-state index is 0.168. The zero-order valence-corrected chi connectivity index (χ0v) is 8.84. The van der Waals surface area contributed by atoms with Gasteiger partial charge in [0.15, 0.2) is 5.65 Å². The number of aromatic carboxylic acids is 1. The number of nitrogens with zero attached hydrogens (tertiary/aromatic N) is 2. The molecule has 2 aromatic heterocycles. The van der Waals surface area contributed by atoms with Crippen LogP contribution in [0, 0.1) is 0 Å². The van der Waals surface area contributed by atoms with Crippen molar-refractivity contribution in [3.63, 3.8) is 0 Å². The first-order valence-electron chi connectivity index (χ1n) is 4.27. The van der Waals surface area contributed by atoms with E-state index in [9.17, 15) is 4.79 Å². The maximum atomic E-state index is 10.7. The number of nitrogens with one attached hydrogen (secondary N) is 1. The molecule has 2 N–H and O–H groups in total. The molecule has 0 radical (unpaired) electrons. The second-order valence-electron chi connectivity index (χ2n) is 3.02. The van der Waals surface area contributed by atoms with E-state index in [1.807, 2.05) is 6.26 Å². The van der Waals surface area contributed by atoms with Gasteiger partial charge in [0.2, 0.25) is 0 Å². The highest BCUT2D eigenvalue weighted by molar-refractivity contribution is 7.97. The molecule has 0 spiro atoms. The molecule has 0 fully saturated rings. The molecule has 2 heterocycles. The molecule has 5 nitrogen and oxygen atoms in total. The predicted molar refractivity (Wildman–Crippen MR) is 58.1 cm³/mol. The molecule has 0 unspecified atom stereocenters. The van der Waals surface area contributed by atoms with Gasteiger partial charge >= 0.3 is 5.97 Å². The zero-order chi connectivity index (χ0) is 10.8. The third kappa shape index (κ3) is 1.94. The average Bonchev–Trinajstić information content (AvgIpc) is 2.59. The van der Waals surface area contributed by atoms with E-state index in [4.69, 9.17) is 5.11 Å². The Morgan fingerprint density at radius 3 is 3.13 bits per heavy atom. The van der Waals surface area contributed by atoms with Crippen molar-refractivity contribution < 1.29 is 9.90 Å². The first kappa shape index (κ1) is 9.97. The molecule has 0 saturated heterocycles. The number of aromatic amines is 1. The molecule has 78 valence electrons. The van der Waals surface area contributed by atoms with Crippen LogP contribution in [0.4, 0.5) is 0 Å². The lowest BCUT2D eigenvalue weighted by atomic mass is 10.3. The molecule has 2 aromatic rings. The van der Waals surface area contributed by atoms with Crippen LogP contribution in [0.2, 0.25) is 0 Å². The van der Waals surface area contributed by atoms with Crippen molar-refractivity contribution in [2.45, 2.75) is 5.75 Å². The summed E-state index contributed by atoms with van der Waals surface area (Å²) < 4.78 is 0. The maximum Gasteiger partial charge on any atom is 0.337 e. The Bertz CT molecular complexity index is 509. The van der Waals surface area contributed by atoms with Gasteiger partial charge in [-0.25, -0.2) is 14.8 Å². The van der Waals surface area contributed by atoms with Gasteiger partial charge in [-0.1, -0.05) is 0 Å². The van der Waals surface area contributed by atoms with E-state index in [1.165, 1.54) is 6.20 Å². The lowest BCUT2D eigenvalue weighted by Crippen LogP contribution is -1.96. The van der Waals surface area contributed by atoms with Gasteiger partial charge in [-0.15, -0.1) is 0 Å². The topological polar surface area (TPSA) is 78.9 Å². The van der Waals surface area contributed by atoms with Crippen molar-refractivity contribution in [2.24, 2.45) is 0 Å². The van der Waals surface area contributed by atoms with E-state index in [2.05, 4.69) is 15.0 Å². The fourth-order valence-electron chi connectivity index (χ4n) is 1.27. The molecular weight excluding hydrogens is 214 g/mol. The van der Waals surface area contributed by atoms with Crippen LogP contribution in [-0.2, 0) is 5.75 Å². The summed E-state index contributed by atoms with van der Waals surface area (Å²) in [5.41, 5.74) is 1.39. The van der Waals surface area contributed by atoms with E-state index in [0.29, 0.717) is 11.2 Å². The fraction of sp³-hybridized carbons (Fsp3) is 0.222. The number of hydrogen-bond donors (Lipinski definition) is 2. The van der Waals surface area contributed by atoms with Gasteiger partial charge in [-0.05, 0) is 12.3 Å². The highest BCUT2D eigenvalue weighted by Gasteiger charge is 2.08. The highest BCUT2D eigenvalue weighted by Crippen LogP contribution is 2.13. The van der Waals surface area contributed by atoms with Crippen LogP contribution in [-0.4, -0.2) is 32.3 Å². The molecule has 0 aliphatic carbocycles. The molecule has 0 saturated carbocycles. The third-order valence-electron chi connectivity index (χ3n) is 1.91. The summed E-state index contributed by atoms with van der Waals surface area (Å²) >= 11 is 1.64. The molecule has 0 aliphatic heterocycles. The lowest BCUT2D eigenvalue weighted by Gasteiger charge is -1.91. The van der Waals surface area contributed by atoms with Crippen molar-refractivity contribution in [3.05, 3.63) is 23.7 Å². The number of fused-ring (bicyclic) bond motifs is 1. The molecular formula is C9H9N3O2S. The molecule has 0 aromatic carbocycles. The van der Waals surface area contributed by atoms with E-state index < -0.39 is 5.97 Å². The Morgan fingerprint density at radius 2 is 2.47 bits per heavy atom. The van der Waals surface area contributed by atoms with E-state index in [-0.39, 0.29) is 5.56 Å². The molecule has 15 heavy (non-hydrogen) atoms. The number of carboxylic acids is 1. The first-order valence-corrected chi connectivity index (χ1v) is 5.67. The van der Waals surface area contributed by atoms with Gasteiger partial charge in [0.1, 0.15) is 5.82 Å². The molecule has 2 rings (SSSR count). The maximum absolute atomic E-state index is 10.7. The summed E-state index contributed by atoms with van der Waals surface area (Å²) in [6.07, 6.45) is 3.29.